The van der Waals surface area contributed by atoms with Crippen molar-refractivity contribution < 1.29 is 4.79 Å². The molecule has 0 aromatic heterocycles. The van der Waals surface area contributed by atoms with Gasteiger partial charge in [-0.1, -0.05) is 26.0 Å². The van der Waals surface area contributed by atoms with Crippen molar-refractivity contribution in [3.05, 3.63) is 29.8 Å². The number of guanidine groups is 1. The molecule has 0 saturated carbocycles. The summed E-state index contributed by atoms with van der Waals surface area (Å²) in [5, 5.41) is 5.69. The third-order valence-electron chi connectivity index (χ3n) is 2.60. The summed E-state index contributed by atoms with van der Waals surface area (Å²) in [7, 11) is 0. The quantitative estimate of drug-likeness (QED) is 0.537. The highest BCUT2D eigenvalue weighted by atomic mass is 16.1. The molecule has 1 rings (SSSR count). The van der Waals surface area contributed by atoms with E-state index in [1.54, 1.807) is 0 Å². The van der Waals surface area contributed by atoms with Crippen LogP contribution in [0.3, 0.4) is 0 Å². The summed E-state index contributed by atoms with van der Waals surface area (Å²) in [4.78, 5) is 15.3. The molecule has 1 amide bonds. The van der Waals surface area contributed by atoms with Crippen molar-refractivity contribution in [1.29, 1.82) is 0 Å². The highest BCUT2D eigenvalue weighted by Crippen LogP contribution is 2.09. The van der Waals surface area contributed by atoms with Gasteiger partial charge in [-0.05, 0) is 30.5 Å². The van der Waals surface area contributed by atoms with Crippen LogP contribution in [-0.4, -0.2) is 25.0 Å². The summed E-state index contributed by atoms with van der Waals surface area (Å²) >= 11 is 0. The van der Waals surface area contributed by atoms with Crippen LogP contribution in [0.4, 0.5) is 5.69 Å². The van der Waals surface area contributed by atoms with Gasteiger partial charge >= 0.3 is 0 Å². The second-order valence-electron chi connectivity index (χ2n) is 4.23. The average Bonchev–Trinajstić information content (AvgIpc) is 2.43. The van der Waals surface area contributed by atoms with Gasteiger partial charge < -0.3 is 16.4 Å². The smallest absolute Gasteiger partial charge is 0.241 e. The Bertz CT molecular complexity index is 426. The second kappa shape index (κ2) is 8.13. The monoisotopic (exact) mass is 262 g/mol. The van der Waals surface area contributed by atoms with Crippen LogP contribution in [0.25, 0.3) is 0 Å². The molecule has 0 atom stereocenters. The van der Waals surface area contributed by atoms with Crippen LogP contribution in [0.5, 0.6) is 0 Å². The first kappa shape index (κ1) is 15.0. The van der Waals surface area contributed by atoms with Crippen molar-refractivity contribution >= 4 is 17.6 Å². The van der Waals surface area contributed by atoms with Crippen molar-refractivity contribution in [3.8, 4) is 0 Å². The number of rotatable bonds is 6. The summed E-state index contributed by atoms with van der Waals surface area (Å²) in [5.41, 5.74) is 7.84. The molecule has 0 bridgehead atoms. The minimum atomic E-state index is -0.118. The number of aliphatic imine (C=N–C) groups is 1. The Labute approximate surface area is 114 Å². The van der Waals surface area contributed by atoms with Gasteiger partial charge in [-0.3, -0.25) is 4.79 Å². The molecule has 0 unspecified atom stereocenters. The molecule has 0 aliphatic heterocycles. The standard InChI is InChI=1S/C14H22N4O/c1-3-9-16-13(19)10-17-14(15)18-12-7-5-11(4-2)6-8-12/h5-8H,3-4,9-10H2,1-2H3,(H,16,19)(H3,15,17,18). The lowest BCUT2D eigenvalue weighted by atomic mass is 10.1. The number of carbonyl (C=O) groups is 1. The largest absolute Gasteiger partial charge is 0.370 e. The maximum Gasteiger partial charge on any atom is 0.241 e. The highest BCUT2D eigenvalue weighted by molar-refractivity contribution is 5.93. The van der Waals surface area contributed by atoms with Crippen molar-refractivity contribution in [2.45, 2.75) is 26.7 Å². The Kier molecular flexibility index (Phi) is 6.43. The Hall–Kier alpha value is -2.04. The Morgan fingerprint density at radius 3 is 2.53 bits per heavy atom. The summed E-state index contributed by atoms with van der Waals surface area (Å²) in [6.45, 7) is 4.82. The van der Waals surface area contributed by atoms with Gasteiger partial charge in [0, 0.05) is 12.2 Å². The topological polar surface area (TPSA) is 79.5 Å². The van der Waals surface area contributed by atoms with E-state index in [4.69, 9.17) is 5.73 Å². The van der Waals surface area contributed by atoms with E-state index >= 15 is 0 Å². The maximum atomic E-state index is 11.3. The summed E-state index contributed by atoms with van der Waals surface area (Å²) in [6, 6.07) is 7.95. The maximum absolute atomic E-state index is 11.3. The van der Waals surface area contributed by atoms with Crippen LogP contribution in [0, 0.1) is 0 Å². The van der Waals surface area contributed by atoms with Crippen molar-refractivity contribution in [2.24, 2.45) is 10.7 Å². The minimum absolute atomic E-state index is 0.0475. The number of amides is 1. The zero-order valence-corrected chi connectivity index (χ0v) is 11.6. The van der Waals surface area contributed by atoms with E-state index in [9.17, 15) is 4.79 Å². The molecule has 104 valence electrons. The minimum Gasteiger partial charge on any atom is -0.370 e. The first-order chi connectivity index (χ1) is 9.15. The lowest BCUT2D eigenvalue weighted by Gasteiger charge is -2.06. The van der Waals surface area contributed by atoms with Crippen molar-refractivity contribution in [3.63, 3.8) is 0 Å². The third-order valence-corrected chi connectivity index (χ3v) is 2.60. The Balaban J connectivity index is 2.44. The van der Waals surface area contributed by atoms with Crippen LogP contribution >= 0.6 is 0 Å². The summed E-state index contributed by atoms with van der Waals surface area (Å²) in [6.07, 6.45) is 1.91. The van der Waals surface area contributed by atoms with Crippen LogP contribution in [-0.2, 0) is 11.2 Å². The number of anilines is 1. The molecule has 0 aliphatic carbocycles. The van der Waals surface area contributed by atoms with Gasteiger partial charge in [0.25, 0.3) is 0 Å². The van der Waals surface area contributed by atoms with Crippen LogP contribution in [0.15, 0.2) is 29.3 Å². The van der Waals surface area contributed by atoms with E-state index in [1.165, 1.54) is 5.56 Å². The van der Waals surface area contributed by atoms with Gasteiger partial charge in [-0.2, -0.15) is 0 Å². The van der Waals surface area contributed by atoms with Crippen molar-refractivity contribution in [2.75, 3.05) is 18.4 Å². The molecule has 0 spiro atoms. The van der Waals surface area contributed by atoms with E-state index in [-0.39, 0.29) is 18.4 Å². The number of nitrogens with two attached hydrogens (primary N) is 1. The van der Waals surface area contributed by atoms with Crippen LogP contribution in [0.2, 0.25) is 0 Å². The predicted molar refractivity (Wildman–Crippen MR) is 79.2 cm³/mol. The first-order valence-corrected chi connectivity index (χ1v) is 6.58. The van der Waals surface area contributed by atoms with Gasteiger partial charge in [-0.15, -0.1) is 0 Å². The number of hydrogen-bond acceptors (Lipinski definition) is 2. The molecule has 0 heterocycles. The first-order valence-electron chi connectivity index (χ1n) is 6.58. The SMILES string of the molecule is CCCNC(=O)CN=C(N)Nc1ccc(CC)cc1. The molecule has 5 nitrogen and oxygen atoms in total. The van der Waals surface area contributed by atoms with Crippen LogP contribution in [0.1, 0.15) is 25.8 Å². The molecule has 4 N–H and O–H groups in total. The fourth-order valence-electron chi connectivity index (χ4n) is 1.49. The normalized spacial score (nSPS) is 11.2. The van der Waals surface area contributed by atoms with E-state index < -0.39 is 0 Å². The number of nitrogens with one attached hydrogen (secondary N) is 2. The fraction of sp³-hybridized carbons (Fsp3) is 0.429. The van der Waals surface area contributed by atoms with Crippen LogP contribution < -0.4 is 16.4 Å². The molecular formula is C14H22N4O. The molecule has 0 saturated heterocycles. The molecule has 0 fully saturated rings. The number of nitrogens with zero attached hydrogens (tertiary/aromatic N) is 1. The lowest BCUT2D eigenvalue weighted by molar-refractivity contribution is -0.119. The zero-order valence-electron chi connectivity index (χ0n) is 11.6. The zero-order chi connectivity index (χ0) is 14.1. The number of benzene rings is 1. The molecule has 19 heavy (non-hydrogen) atoms. The van der Waals surface area contributed by atoms with Gasteiger partial charge in [0.15, 0.2) is 5.96 Å². The molecule has 1 aromatic rings. The van der Waals surface area contributed by atoms with E-state index in [1.807, 2.05) is 31.2 Å². The van der Waals surface area contributed by atoms with Gasteiger partial charge in [-0.25, -0.2) is 4.99 Å². The lowest BCUT2D eigenvalue weighted by Crippen LogP contribution is -2.29. The van der Waals surface area contributed by atoms with Gasteiger partial charge in [0.2, 0.25) is 5.91 Å². The van der Waals surface area contributed by atoms with E-state index in [0.717, 1.165) is 18.5 Å². The molecule has 0 radical (unpaired) electrons. The second-order valence-corrected chi connectivity index (χ2v) is 4.23. The fourth-order valence-corrected chi connectivity index (χ4v) is 1.49. The summed E-state index contributed by atoms with van der Waals surface area (Å²) < 4.78 is 0. The number of aryl methyl sites for hydroxylation is 1. The number of carbonyl (C=O) groups excluding carboxylic acids is 1. The highest BCUT2D eigenvalue weighted by Gasteiger charge is 1.99. The molecule has 1 aromatic carbocycles. The van der Waals surface area contributed by atoms with Gasteiger partial charge in [0.1, 0.15) is 6.54 Å². The van der Waals surface area contributed by atoms with E-state index in [0.29, 0.717) is 6.54 Å². The molecular weight excluding hydrogens is 240 g/mol. The Morgan fingerprint density at radius 1 is 1.26 bits per heavy atom. The Morgan fingerprint density at radius 2 is 1.95 bits per heavy atom. The van der Waals surface area contributed by atoms with Crippen molar-refractivity contribution in [1.82, 2.24) is 5.32 Å². The number of hydrogen-bond donors (Lipinski definition) is 3. The van der Waals surface area contributed by atoms with Gasteiger partial charge in [0.05, 0.1) is 0 Å². The predicted octanol–water partition coefficient (Wildman–Crippen LogP) is 1.50. The molecule has 0 aliphatic rings. The molecule has 5 heteroatoms. The van der Waals surface area contributed by atoms with E-state index in [2.05, 4.69) is 22.5 Å². The third kappa shape index (κ3) is 5.90. The average molecular weight is 262 g/mol. The summed E-state index contributed by atoms with van der Waals surface area (Å²) in [5.74, 6) is 0.129.